The predicted octanol–water partition coefficient (Wildman–Crippen LogP) is 2.19. The van der Waals surface area contributed by atoms with Gasteiger partial charge in [0, 0.05) is 18.3 Å². The number of likely N-dealkylation sites (N-methyl/N-ethyl adjacent to an activating group) is 1. The van der Waals surface area contributed by atoms with Gasteiger partial charge < -0.3 is 14.9 Å². The second-order valence-electron chi connectivity index (χ2n) is 5.93. The number of hydrogen-bond donors (Lipinski definition) is 1. The van der Waals surface area contributed by atoms with Crippen molar-refractivity contribution in [3.8, 4) is 0 Å². The molecule has 1 fully saturated rings. The number of benzene rings is 1. The van der Waals surface area contributed by atoms with Crippen LogP contribution in [0.15, 0.2) is 18.2 Å². The van der Waals surface area contributed by atoms with Gasteiger partial charge in [-0.25, -0.2) is 0 Å². The molecular weight excluding hydrogens is 236 g/mol. The summed E-state index contributed by atoms with van der Waals surface area (Å²) < 4.78 is 0. The SMILES string of the molecule is Cc1ccc(N2C(C)CCN(C)CC2CO)c(C)c1. The molecule has 1 aliphatic rings. The molecule has 19 heavy (non-hydrogen) atoms. The molecule has 2 atom stereocenters. The molecule has 0 saturated carbocycles. The largest absolute Gasteiger partial charge is 0.394 e. The number of rotatable bonds is 2. The highest BCUT2D eigenvalue weighted by Crippen LogP contribution is 2.28. The molecule has 0 radical (unpaired) electrons. The minimum Gasteiger partial charge on any atom is -0.394 e. The summed E-state index contributed by atoms with van der Waals surface area (Å²) in [5.74, 6) is 0. The number of hydrogen-bond acceptors (Lipinski definition) is 3. The molecule has 2 unspecified atom stereocenters. The smallest absolute Gasteiger partial charge is 0.0650 e. The third kappa shape index (κ3) is 3.10. The summed E-state index contributed by atoms with van der Waals surface area (Å²) in [6.45, 7) is 8.79. The van der Waals surface area contributed by atoms with Crippen LogP contribution in [-0.2, 0) is 0 Å². The molecule has 2 rings (SSSR count). The minimum atomic E-state index is 0.184. The van der Waals surface area contributed by atoms with Gasteiger partial charge in [-0.1, -0.05) is 17.7 Å². The lowest BCUT2D eigenvalue weighted by Gasteiger charge is -2.37. The van der Waals surface area contributed by atoms with E-state index >= 15 is 0 Å². The third-order valence-electron chi connectivity index (χ3n) is 4.16. The first-order valence-corrected chi connectivity index (χ1v) is 7.18. The van der Waals surface area contributed by atoms with Crippen molar-refractivity contribution in [3.05, 3.63) is 29.3 Å². The van der Waals surface area contributed by atoms with E-state index < -0.39 is 0 Å². The normalized spacial score (nSPS) is 25.4. The zero-order valence-electron chi connectivity index (χ0n) is 12.6. The molecular formula is C16H26N2O. The molecule has 1 aromatic rings. The second kappa shape index (κ2) is 5.93. The average Bonchev–Trinajstić information content (AvgIpc) is 2.50. The molecule has 106 valence electrons. The maximum absolute atomic E-state index is 9.76. The minimum absolute atomic E-state index is 0.184. The standard InChI is InChI=1S/C16H26N2O/c1-12-5-6-16(13(2)9-12)18-14(3)7-8-17(4)10-15(18)11-19/h5-6,9,14-15,19H,7-8,10-11H2,1-4H3. The first kappa shape index (κ1) is 14.4. The van der Waals surface area contributed by atoms with Crippen molar-refractivity contribution in [1.82, 2.24) is 4.90 Å². The summed E-state index contributed by atoms with van der Waals surface area (Å²) in [7, 11) is 2.14. The van der Waals surface area contributed by atoms with Gasteiger partial charge in [-0.2, -0.15) is 0 Å². The van der Waals surface area contributed by atoms with Crippen LogP contribution in [0.3, 0.4) is 0 Å². The van der Waals surface area contributed by atoms with Gasteiger partial charge in [0.25, 0.3) is 0 Å². The maximum Gasteiger partial charge on any atom is 0.0650 e. The quantitative estimate of drug-likeness (QED) is 0.885. The fourth-order valence-electron chi connectivity index (χ4n) is 3.12. The van der Waals surface area contributed by atoms with E-state index in [1.165, 1.54) is 16.8 Å². The van der Waals surface area contributed by atoms with Crippen LogP contribution >= 0.6 is 0 Å². The molecule has 0 spiro atoms. The van der Waals surface area contributed by atoms with Crippen molar-refractivity contribution < 1.29 is 5.11 Å². The predicted molar refractivity (Wildman–Crippen MR) is 80.8 cm³/mol. The summed E-state index contributed by atoms with van der Waals surface area (Å²) in [5, 5.41) is 9.76. The van der Waals surface area contributed by atoms with E-state index in [-0.39, 0.29) is 12.6 Å². The lowest BCUT2D eigenvalue weighted by atomic mass is 10.1. The lowest BCUT2D eigenvalue weighted by molar-refractivity contribution is 0.228. The van der Waals surface area contributed by atoms with Crippen molar-refractivity contribution in [2.75, 3.05) is 31.6 Å². The van der Waals surface area contributed by atoms with E-state index in [1.54, 1.807) is 0 Å². The monoisotopic (exact) mass is 262 g/mol. The number of aliphatic hydroxyl groups excluding tert-OH is 1. The van der Waals surface area contributed by atoms with Gasteiger partial charge in [0.15, 0.2) is 0 Å². The molecule has 0 aromatic heterocycles. The van der Waals surface area contributed by atoms with Gasteiger partial charge in [-0.15, -0.1) is 0 Å². The maximum atomic E-state index is 9.76. The van der Waals surface area contributed by atoms with Gasteiger partial charge >= 0.3 is 0 Å². The Kier molecular flexibility index (Phi) is 4.48. The Balaban J connectivity index is 2.37. The molecule has 1 saturated heterocycles. The molecule has 1 aromatic carbocycles. The van der Waals surface area contributed by atoms with Crippen LogP contribution in [0.5, 0.6) is 0 Å². The van der Waals surface area contributed by atoms with Crippen molar-refractivity contribution in [2.24, 2.45) is 0 Å². The number of nitrogens with zero attached hydrogens (tertiary/aromatic N) is 2. The number of anilines is 1. The molecule has 0 amide bonds. The summed E-state index contributed by atoms with van der Waals surface area (Å²) in [6, 6.07) is 7.24. The zero-order chi connectivity index (χ0) is 14.0. The zero-order valence-corrected chi connectivity index (χ0v) is 12.6. The summed E-state index contributed by atoms with van der Waals surface area (Å²) >= 11 is 0. The van der Waals surface area contributed by atoms with Gasteiger partial charge in [0.2, 0.25) is 0 Å². The van der Waals surface area contributed by atoms with Crippen molar-refractivity contribution in [1.29, 1.82) is 0 Å². The van der Waals surface area contributed by atoms with Crippen LogP contribution < -0.4 is 4.90 Å². The summed E-state index contributed by atoms with van der Waals surface area (Å²) in [5.41, 5.74) is 3.86. The second-order valence-corrected chi connectivity index (χ2v) is 5.93. The van der Waals surface area contributed by atoms with E-state index in [0.717, 1.165) is 19.5 Å². The highest BCUT2D eigenvalue weighted by Gasteiger charge is 2.28. The van der Waals surface area contributed by atoms with Crippen LogP contribution in [-0.4, -0.2) is 48.8 Å². The van der Waals surface area contributed by atoms with E-state index in [2.05, 4.69) is 55.8 Å². The number of aryl methyl sites for hydroxylation is 2. The first-order chi connectivity index (χ1) is 9.02. The van der Waals surface area contributed by atoms with E-state index in [1.807, 2.05) is 0 Å². The third-order valence-corrected chi connectivity index (χ3v) is 4.16. The summed E-state index contributed by atoms with van der Waals surface area (Å²) in [6.07, 6.45) is 1.14. The van der Waals surface area contributed by atoms with Crippen LogP contribution in [0, 0.1) is 13.8 Å². The lowest BCUT2D eigenvalue weighted by Crippen LogP contribution is -2.46. The van der Waals surface area contributed by atoms with Gasteiger partial charge in [-0.3, -0.25) is 0 Å². The number of aliphatic hydroxyl groups is 1. The van der Waals surface area contributed by atoms with Crippen LogP contribution in [0.1, 0.15) is 24.5 Å². The molecule has 3 nitrogen and oxygen atoms in total. The Morgan fingerprint density at radius 3 is 2.68 bits per heavy atom. The highest BCUT2D eigenvalue weighted by molar-refractivity contribution is 5.56. The average molecular weight is 262 g/mol. The Bertz CT molecular complexity index is 433. The molecule has 3 heteroatoms. The van der Waals surface area contributed by atoms with E-state index in [0.29, 0.717) is 6.04 Å². The Hall–Kier alpha value is -1.06. The molecule has 0 aliphatic carbocycles. The first-order valence-electron chi connectivity index (χ1n) is 7.18. The van der Waals surface area contributed by atoms with Crippen LogP contribution in [0.4, 0.5) is 5.69 Å². The van der Waals surface area contributed by atoms with Gasteiger partial charge in [0.05, 0.1) is 12.6 Å². The van der Waals surface area contributed by atoms with Gasteiger partial charge in [0.1, 0.15) is 0 Å². The molecule has 1 heterocycles. The van der Waals surface area contributed by atoms with Gasteiger partial charge in [-0.05, 0) is 52.4 Å². The van der Waals surface area contributed by atoms with Crippen LogP contribution in [0.25, 0.3) is 0 Å². The van der Waals surface area contributed by atoms with E-state index in [4.69, 9.17) is 0 Å². The Morgan fingerprint density at radius 1 is 1.32 bits per heavy atom. The molecule has 1 aliphatic heterocycles. The summed E-state index contributed by atoms with van der Waals surface area (Å²) in [4.78, 5) is 4.74. The highest BCUT2D eigenvalue weighted by atomic mass is 16.3. The fraction of sp³-hybridized carbons (Fsp3) is 0.625. The fourth-order valence-corrected chi connectivity index (χ4v) is 3.12. The topological polar surface area (TPSA) is 26.7 Å². The van der Waals surface area contributed by atoms with Crippen molar-refractivity contribution in [2.45, 2.75) is 39.3 Å². The van der Waals surface area contributed by atoms with Crippen molar-refractivity contribution in [3.63, 3.8) is 0 Å². The van der Waals surface area contributed by atoms with Crippen LogP contribution in [0.2, 0.25) is 0 Å². The Labute approximate surface area is 116 Å². The van der Waals surface area contributed by atoms with Crippen molar-refractivity contribution >= 4 is 5.69 Å². The molecule has 0 bridgehead atoms. The van der Waals surface area contributed by atoms with E-state index in [9.17, 15) is 5.11 Å². The Morgan fingerprint density at radius 2 is 2.05 bits per heavy atom. The molecule has 1 N–H and O–H groups in total.